The van der Waals surface area contributed by atoms with Gasteiger partial charge in [0.25, 0.3) is 5.91 Å². The predicted octanol–water partition coefficient (Wildman–Crippen LogP) is 3.05. The summed E-state index contributed by atoms with van der Waals surface area (Å²) in [7, 11) is -1.56. The molecule has 0 bridgehead atoms. The summed E-state index contributed by atoms with van der Waals surface area (Å²) < 4.78 is 11.6. The topological polar surface area (TPSA) is 62.6 Å². The summed E-state index contributed by atoms with van der Waals surface area (Å²) in [6, 6.07) is 11.6. The van der Waals surface area contributed by atoms with Gasteiger partial charge in [-0.25, -0.2) is 0 Å². The van der Waals surface area contributed by atoms with Crippen LogP contribution < -0.4 is 0 Å². The van der Waals surface area contributed by atoms with Crippen LogP contribution in [0.25, 0.3) is 0 Å². The number of hydrogen-bond donors (Lipinski definition) is 0. The molecular weight excluding hydrogens is 320 g/mol. The number of hydrogen-bond acceptors (Lipinski definition) is 4. The van der Waals surface area contributed by atoms with Crippen LogP contribution >= 0.6 is 0 Å². The number of likely N-dealkylation sites (tertiary alicyclic amines) is 1. The third kappa shape index (κ3) is 5.16. The van der Waals surface area contributed by atoms with Gasteiger partial charge in [-0.2, -0.15) is 5.26 Å². The molecular formula is C18H26N2O3Si. The van der Waals surface area contributed by atoms with Gasteiger partial charge in [-0.15, -0.1) is 0 Å². The molecule has 0 aromatic heterocycles. The van der Waals surface area contributed by atoms with Crippen molar-refractivity contribution in [3.05, 3.63) is 35.9 Å². The highest BCUT2D eigenvalue weighted by Crippen LogP contribution is 2.26. The van der Waals surface area contributed by atoms with E-state index in [1.807, 2.05) is 30.3 Å². The van der Waals surface area contributed by atoms with Crippen molar-refractivity contribution < 1.29 is 14.0 Å². The third-order valence-corrected chi connectivity index (χ3v) is 5.15. The van der Waals surface area contributed by atoms with Crippen molar-refractivity contribution in [3.63, 3.8) is 0 Å². The van der Waals surface area contributed by atoms with Crippen molar-refractivity contribution in [2.75, 3.05) is 26.3 Å². The van der Waals surface area contributed by atoms with E-state index in [0.717, 1.165) is 0 Å². The van der Waals surface area contributed by atoms with E-state index < -0.39 is 13.9 Å². The van der Waals surface area contributed by atoms with Crippen LogP contribution in [0, 0.1) is 11.3 Å². The maximum atomic E-state index is 12.5. The lowest BCUT2D eigenvalue weighted by molar-refractivity contribution is -0.0497. The summed E-state index contributed by atoms with van der Waals surface area (Å²) in [5, 5.41) is 9.53. The van der Waals surface area contributed by atoms with E-state index in [-0.39, 0.29) is 5.91 Å². The summed E-state index contributed by atoms with van der Waals surface area (Å²) >= 11 is 0. The largest absolute Gasteiger partial charge is 0.415 e. The molecule has 0 saturated carbocycles. The highest BCUT2D eigenvalue weighted by molar-refractivity contribution is 6.69. The molecule has 130 valence electrons. The minimum Gasteiger partial charge on any atom is -0.415 e. The number of nitrogens with zero attached hydrogens (tertiary/aromatic N) is 2. The number of carbonyl (C=O) groups is 1. The molecule has 6 heteroatoms. The van der Waals surface area contributed by atoms with Gasteiger partial charge < -0.3 is 14.1 Å². The van der Waals surface area contributed by atoms with E-state index in [1.54, 1.807) is 4.90 Å². The summed E-state index contributed by atoms with van der Waals surface area (Å²) in [5.74, 6) is 0.0178. The van der Waals surface area contributed by atoms with Gasteiger partial charge in [0.05, 0.1) is 19.3 Å². The van der Waals surface area contributed by atoms with Crippen molar-refractivity contribution >= 4 is 14.2 Å². The number of piperidine rings is 1. The number of benzene rings is 1. The first-order valence-electron chi connectivity index (χ1n) is 8.39. The average Bonchev–Trinajstić information content (AvgIpc) is 2.59. The first kappa shape index (κ1) is 18.7. The second-order valence-electron chi connectivity index (χ2n) is 7.07. The van der Waals surface area contributed by atoms with E-state index in [1.165, 1.54) is 0 Å². The molecule has 0 spiro atoms. The average molecular weight is 347 g/mol. The molecule has 2 rings (SSSR count). The summed E-state index contributed by atoms with van der Waals surface area (Å²) in [4.78, 5) is 14.3. The van der Waals surface area contributed by atoms with Gasteiger partial charge in [0.2, 0.25) is 0 Å². The molecule has 0 aliphatic carbocycles. The Labute approximate surface area is 145 Å². The molecule has 1 aliphatic rings. The highest BCUT2D eigenvalue weighted by Gasteiger charge is 2.37. The molecule has 0 radical (unpaired) electrons. The Morgan fingerprint density at radius 3 is 2.38 bits per heavy atom. The summed E-state index contributed by atoms with van der Waals surface area (Å²) in [5.41, 5.74) is -0.109. The standard InChI is InChI=1S/C18H26N2O3Si/c1-24(2,3)23-14-13-22-18(15-19)9-11-20(12-10-18)17(21)16-7-5-4-6-8-16/h4-8H,9-14H2,1-3H3. The van der Waals surface area contributed by atoms with Crippen molar-refractivity contribution in [2.45, 2.75) is 38.1 Å². The molecule has 5 nitrogen and oxygen atoms in total. The van der Waals surface area contributed by atoms with E-state index in [0.29, 0.717) is 44.7 Å². The molecule has 1 saturated heterocycles. The maximum Gasteiger partial charge on any atom is 0.253 e. The van der Waals surface area contributed by atoms with E-state index in [2.05, 4.69) is 25.7 Å². The Bertz CT molecular complexity index is 585. The number of carbonyl (C=O) groups excluding carboxylic acids is 1. The zero-order valence-electron chi connectivity index (χ0n) is 14.7. The van der Waals surface area contributed by atoms with Crippen LogP contribution in [0.15, 0.2) is 30.3 Å². The quantitative estimate of drug-likeness (QED) is 0.587. The van der Waals surface area contributed by atoms with E-state index in [9.17, 15) is 10.1 Å². The van der Waals surface area contributed by atoms with Crippen LogP contribution in [-0.4, -0.2) is 51.0 Å². The smallest absolute Gasteiger partial charge is 0.253 e. The molecule has 1 aliphatic heterocycles. The van der Waals surface area contributed by atoms with Crippen molar-refractivity contribution in [3.8, 4) is 6.07 Å². The van der Waals surface area contributed by atoms with Gasteiger partial charge in [-0.05, 0) is 31.8 Å². The Morgan fingerprint density at radius 2 is 1.83 bits per heavy atom. The van der Waals surface area contributed by atoms with Crippen LogP contribution in [0.2, 0.25) is 19.6 Å². The van der Waals surface area contributed by atoms with Crippen LogP contribution in [-0.2, 0) is 9.16 Å². The van der Waals surface area contributed by atoms with Gasteiger partial charge in [0, 0.05) is 31.5 Å². The molecule has 24 heavy (non-hydrogen) atoms. The molecule has 0 atom stereocenters. The van der Waals surface area contributed by atoms with Crippen molar-refractivity contribution in [1.29, 1.82) is 5.26 Å². The van der Waals surface area contributed by atoms with Gasteiger partial charge in [0.15, 0.2) is 13.9 Å². The number of rotatable bonds is 6. The van der Waals surface area contributed by atoms with Crippen molar-refractivity contribution in [2.24, 2.45) is 0 Å². The fraction of sp³-hybridized carbons (Fsp3) is 0.556. The van der Waals surface area contributed by atoms with Gasteiger partial charge in [-0.1, -0.05) is 18.2 Å². The fourth-order valence-corrected chi connectivity index (χ4v) is 3.40. The first-order valence-corrected chi connectivity index (χ1v) is 11.8. The summed E-state index contributed by atoms with van der Waals surface area (Å²) in [6.07, 6.45) is 1.07. The SMILES string of the molecule is C[Si](C)(C)OCCOC1(C#N)CCN(C(=O)c2ccccc2)CC1. The maximum absolute atomic E-state index is 12.5. The molecule has 1 amide bonds. The first-order chi connectivity index (χ1) is 11.4. The number of amides is 1. The molecule has 1 fully saturated rings. The molecule has 1 aromatic rings. The van der Waals surface area contributed by atoms with Crippen LogP contribution in [0.4, 0.5) is 0 Å². The predicted molar refractivity (Wildman–Crippen MR) is 95.2 cm³/mol. The molecule has 0 N–H and O–H groups in total. The zero-order valence-corrected chi connectivity index (χ0v) is 15.7. The number of ether oxygens (including phenoxy) is 1. The molecule has 1 aromatic carbocycles. The third-order valence-electron chi connectivity index (χ3n) is 4.08. The normalized spacial score (nSPS) is 17.3. The van der Waals surface area contributed by atoms with Gasteiger partial charge in [0.1, 0.15) is 0 Å². The Hall–Kier alpha value is -1.68. The van der Waals surface area contributed by atoms with Crippen LogP contribution in [0.1, 0.15) is 23.2 Å². The second kappa shape index (κ2) is 7.93. The minimum absolute atomic E-state index is 0.0178. The zero-order chi connectivity index (χ0) is 17.6. The summed E-state index contributed by atoms with van der Waals surface area (Å²) in [6.45, 7) is 8.39. The monoisotopic (exact) mass is 346 g/mol. The van der Waals surface area contributed by atoms with Crippen LogP contribution in [0.3, 0.4) is 0 Å². The fourth-order valence-electron chi connectivity index (χ4n) is 2.71. The van der Waals surface area contributed by atoms with Gasteiger partial charge in [-0.3, -0.25) is 4.79 Å². The Balaban J connectivity index is 1.85. The van der Waals surface area contributed by atoms with Crippen LogP contribution in [0.5, 0.6) is 0 Å². The Morgan fingerprint density at radius 1 is 1.21 bits per heavy atom. The van der Waals surface area contributed by atoms with E-state index in [4.69, 9.17) is 9.16 Å². The number of nitriles is 1. The lowest BCUT2D eigenvalue weighted by Crippen LogP contribution is -2.48. The molecule has 1 heterocycles. The second-order valence-corrected chi connectivity index (χ2v) is 11.6. The molecule has 0 unspecified atom stereocenters. The lowest BCUT2D eigenvalue weighted by Gasteiger charge is -2.37. The lowest BCUT2D eigenvalue weighted by atomic mass is 9.92. The minimum atomic E-state index is -1.56. The Kier molecular flexibility index (Phi) is 6.16. The van der Waals surface area contributed by atoms with E-state index >= 15 is 0 Å². The van der Waals surface area contributed by atoms with Gasteiger partial charge >= 0.3 is 0 Å². The highest BCUT2D eigenvalue weighted by atomic mass is 28.4. The van der Waals surface area contributed by atoms with Crippen molar-refractivity contribution in [1.82, 2.24) is 4.90 Å².